The van der Waals surface area contributed by atoms with Crippen LogP contribution < -0.4 is 4.74 Å². The number of ether oxygens (including phenoxy) is 1. The van der Waals surface area contributed by atoms with Crippen molar-refractivity contribution >= 4 is 11.4 Å². The first kappa shape index (κ1) is 10.6. The normalized spacial score (nSPS) is 26.9. The van der Waals surface area contributed by atoms with Gasteiger partial charge in [-0.2, -0.15) is 0 Å². The van der Waals surface area contributed by atoms with E-state index >= 15 is 0 Å². The zero-order valence-electron chi connectivity index (χ0n) is 9.98. The molecule has 0 heterocycles. The van der Waals surface area contributed by atoms with Gasteiger partial charge in [0, 0.05) is 12.3 Å². The molecule has 0 spiro atoms. The van der Waals surface area contributed by atoms with E-state index in [4.69, 9.17) is 4.74 Å². The number of Topliss-reactive ketones (excluding diaryl/α,β-unsaturated/α-hetero) is 1. The molecule has 0 saturated heterocycles. The lowest BCUT2D eigenvalue weighted by atomic mass is 9.86. The molecule has 2 unspecified atom stereocenters. The second-order valence-corrected chi connectivity index (χ2v) is 4.99. The Morgan fingerprint density at radius 1 is 1.18 bits per heavy atom. The predicted molar refractivity (Wildman–Crippen MR) is 66.8 cm³/mol. The Balaban J connectivity index is 1.87. The van der Waals surface area contributed by atoms with Gasteiger partial charge in [0.05, 0.1) is 7.11 Å². The molecule has 2 heteroatoms. The Kier molecular flexibility index (Phi) is 2.50. The highest BCUT2D eigenvalue weighted by Gasteiger charge is 2.35. The Morgan fingerprint density at radius 3 is 2.59 bits per heavy atom. The maximum Gasteiger partial charge on any atom is 0.136 e. The van der Waals surface area contributed by atoms with E-state index in [1.165, 1.54) is 11.1 Å². The molecular formula is C15H16O2. The Hall–Kier alpha value is -1.57. The summed E-state index contributed by atoms with van der Waals surface area (Å²) in [6.07, 6.45) is 5.04. The number of carbonyl (C=O) groups is 1. The lowest BCUT2D eigenvalue weighted by Crippen LogP contribution is -2.08. The number of fused-ring (bicyclic) bond motifs is 2. The van der Waals surface area contributed by atoms with E-state index in [2.05, 4.69) is 18.2 Å². The molecule has 0 amide bonds. The maximum atomic E-state index is 11.7. The summed E-state index contributed by atoms with van der Waals surface area (Å²) in [7, 11) is 1.67. The van der Waals surface area contributed by atoms with Gasteiger partial charge in [0.15, 0.2) is 0 Å². The molecule has 2 aliphatic carbocycles. The first-order valence-corrected chi connectivity index (χ1v) is 6.14. The smallest absolute Gasteiger partial charge is 0.136 e. The third kappa shape index (κ3) is 1.88. The number of hydrogen-bond donors (Lipinski definition) is 0. The monoisotopic (exact) mass is 228 g/mol. The topological polar surface area (TPSA) is 26.3 Å². The summed E-state index contributed by atoms with van der Waals surface area (Å²) in [5, 5.41) is 0. The van der Waals surface area contributed by atoms with Gasteiger partial charge in [-0.05, 0) is 42.0 Å². The fraction of sp³-hybridized carbons (Fsp3) is 0.400. The molecule has 1 saturated carbocycles. The molecule has 88 valence electrons. The summed E-state index contributed by atoms with van der Waals surface area (Å²) in [6.45, 7) is 0. The zero-order chi connectivity index (χ0) is 11.8. The van der Waals surface area contributed by atoms with Crippen LogP contribution in [0.15, 0.2) is 30.3 Å². The van der Waals surface area contributed by atoms with Crippen molar-refractivity contribution in [2.45, 2.75) is 19.3 Å². The van der Waals surface area contributed by atoms with Crippen molar-refractivity contribution in [3.8, 4) is 5.75 Å². The fourth-order valence-corrected chi connectivity index (χ4v) is 2.97. The quantitative estimate of drug-likeness (QED) is 0.777. The maximum absolute atomic E-state index is 11.7. The van der Waals surface area contributed by atoms with E-state index in [9.17, 15) is 4.79 Å². The van der Waals surface area contributed by atoms with Gasteiger partial charge < -0.3 is 4.74 Å². The van der Waals surface area contributed by atoms with Gasteiger partial charge in [0.25, 0.3) is 0 Å². The van der Waals surface area contributed by atoms with Crippen molar-refractivity contribution in [2.75, 3.05) is 7.11 Å². The lowest BCUT2D eigenvalue weighted by molar-refractivity contribution is -0.120. The summed E-state index contributed by atoms with van der Waals surface area (Å²) in [6, 6.07) is 8.13. The van der Waals surface area contributed by atoms with E-state index in [0.717, 1.165) is 25.0 Å². The van der Waals surface area contributed by atoms with Crippen LogP contribution in [0.3, 0.4) is 0 Å². The van der Waals surface area contributed by atoms with Gasteiger partial charge in [-0.3, -0.25) is 4.79 Å². The number of allylic oxidation sites excluding steroid dienone is 2. The van der Waals surface area contributed by atoms with Crippen LogP contribution in [-0.2, 0) is 4.79 Å². The summed E-state index contributed by atoms with van der Waals surface area (Å²) < 4.78 is 5.15. The van der Waals surface area contributed by atoms with E-state index in [0.29, 0.717) is 11.7 Å². The average Bonchev–Trinajstić information content (AvgIpc) is 2.63. The molecule has 0 aromatic heterocycles. The van der Waals surface area contributed by atoms with Crippen molar-refractivity contribution < 1.29 is 9.53 Å². The van der Waals surface area contributed by atoms with E-state index in [-0.39, 0.29) is 5.92 Å². The molecule has 1 fully saturated rings. The van der Waals surface area contributed by atoms with Crippen LogP contribution in [0.1, 0.15) is 24.8 Å². The van der Waals surface area contributed by atoms with Gasteiger partial charge in [0.1, 0.15) is 11.5 Å². The molecule has 0 aliphatic heterocycles. The van der Waals surface area contributed by atoms with Crippen LogP contribution in [-0.4, -0.2) is 12.9 Å². The fourth-order valence-electron chi connectivity index (χ4n) is 2.97. The third-order valence-corrected chi connectivity index (χ3v) is 3.87. The minimum absolute atomic E-state index is 0.280. The van der Waals surface area contributed by atoms with Gasteiger partial charge in [-0.1, -0.05) is 18.2 Å². The summed E-state index contributed by atoms with van der Waals surface area (Å²) in [5.41, 5.74) is 2.56. The van der Waals surface area contributed by atoms with E-state index < -0.39 is 0 Å². The van der Waals surface area contributed by atoms with E-state index in [1.807, 2.05) is 12.1 Å². The number of methoxy groups -OCH3 is 1. The zero-order valence-corrected chi connectivity index (χ0v) is 9.98. The second kappa shape index (κ2) is 4.02. The third-order valence-electron chi connectivity index (χ3n) is 3.87. The largest absolute Gasteiger partial charge is 0.497 e. The minimum atomic E-state index is 0.280. The summed E-state index contributed by atoms with van der Waals surface area (Å²) >= 11 is 0. The molecule has 2 bridgehead atoms. The van der Waals surface area contributed by atoms with Crippen molar-refractivity contribution in [2.24, 2.45) is 11.8 Å². The molecule has 0 N–H and O–H groups in total. The number of ketones is 1. The highest BCUT2D eigenvalue weighted by Crippen LogP contribution is 2.42. The molecular weight excluding hydrogens is 212 g/mol. The van der Waals surface area contributed by atoms with Crippen molar-refractivity contribution in [1.29, 1.82) is 0 Å². The predicted octanol–water partition coefficient (Wildman–Crippen LogP) is 3.08. The van der Waals surface area contributed by atoms with Crippen molar-refractivity contribution in [3.63, 3.8) is 0 Å². The molecule has 17 heavy (non-hydrogen) atoms. The summed E-state index contributed by atoms with van der Waals surface area (Å²) in [5.74, 6) is 2.10. The first-order chi connectivity index (χ1) is 8.26. The van der Waals surface area contributed by atoms with Crippen LogP contribution in [0.2, 0.25) is 0 Å². The Morgan fingerprint density at radius 2 is 1.94 bits per heavy atom. The van der Waals surface area contributed by atoms with Gasteiger partial charge >= 0.3 is 0 Å². The number of rotatable bonds is 2. The molecule has 2 aliphatic rings. The Bertz CT molecular complexity index is 470. The molecule has 1 aromatic rings. The average molecular weight is 228 g/mol. The SMILES string of the molecule is COc1ccc(C2=CC3CC(=O)C(C2)C3)cc1. The molecule has 1 aromatic carbocycles. The van der Waals surface area contributed by atoms with Crippen LogP contribution in [0.4, 0.5) is 0 Å². The number of hydrogen-bond acceptors (Lipinski definition) is 2. The van der Waals surface area contributed by atoms with Crippen molar-refractivity contribution in [3.05, 3.63) is 35.9 Å². The van der Waals surface area contributed by atoms with Crippen molar-refractivity contribution in [1.82, 2.24) is 0 Å². The van der Waals surface area contributed by atoms with E-state index in [1.54, 1.807) is 7.11 Å². The Labute approximate surface area is 101 Å². The molecule has 2 atom stereocenters. The van der Waals surface area contributed by atoms with Gasteiger partial charge in [0.2, 0.25) is 0 Å². The first-order valence-electron chi connectivity index (χ1n) is 6.14. The molecule has 3 rings (SSSR count). The summed E-state index contributed by atoms with van der Waals surface area (Å²) in [4.78, 5) is 11.7. The van der Waals surface area contributed by atoms with Crippen LogP contribution >= 0.6 is 0 Å². The lowest BCUT2D eigenvalue weighted by Gasteiger charge is -2.18. The van der Waals surface area contributed by atoms with Crippen LogP contribution in [0.5, 0.6) is 5.75 Å². The molecule has 2 nitrogen and oxygen atoms in total. The van der Waals surface area contributed by atoms with Crippen LogP contribution in [0.25, 0.3) is 5.57 Å². The minimum Gasteiger partial charge on any atom is -0.497 e. The van der Waals surface area contributed by atoms with Gasteiger partial charge in [-0.15, -0.1) is 0 Å². The highest BCUT2D eigenvalue weighted by atomic mass is 16.5. The second-order valence-electron chi connectivity index (χ2n) is 4.99. The standard InChI is InChI=1S/C15H16O2/c1-17-14-4-2-11(3-5-14)12-6-10-7-13(9-12)15(16)8-10/h2-6,10,13H,7-9H2,1H3. The highest BCUT2D eigenvalue weighted by molar-refractivity contribution is 5.88. The van der Waals surface area contributed by atoms with Crippen LogP contribution in [0, 0.1) is 11.8 Å². The molecule has 0 radical (unpaired) electrons. The number of benzene rings is 1. The van der Waals surface area contributed by atoms with Gasteiger partial charge in [-0.25, -0.2) is 0 Å². The number of carbonyl (C=O) groups excluding carboxylic acids is 1.